The molecule has 1 aliphatic heterocycles. The Morgan fingerprint density at radius 1 is 1.26 bits per heavy atom. The van der Waals surface area contributed by atoms with Crippen molar-refractivity contribution in [2.24, 2.45) is 0 Å². The van der Waals surface area contributed by atoms with Crippen LogP contribution in [0.4, 0.5) is 5.82 Å². The molecule has 1 saturated heterocycles. The van der Waals surface area contributed by atoms with Gasteiger partial charge in [0.05, 0.1) is 6.61 Å². The van der Waals surface area contributed by atoms with Crippen molar-refractivity contribution in [3.63, 3.8) is 0 Å². The summed E-state index contributed by atoms with van der Waals surface area (Å²) < 4.78 is 0. The van der Waals surface area contributed by atoms with Gasteiger partial charge in [-0.05, 0) is 38.0 Å². The lowest BCUT2D eigenvalue weighted by atomic mass is 10.2. The molecule has 4 heteroatoms. The summed E-state index contributed by atoms with van der Waals surface area (Å²) in [6.07, 6.45) is 1.21. The molecular formula is C15H25N3O. The van der Waals surface area contributed by atoms with E-state index in [1.807, 2.05) is 19.1 Å². The topological polar surface area (TPSA) is 39.6 Å². The molecule has 1 N–H and O–H groups in total. The Balaban J connectivity index is 2.03. The maximum absolute atomic E-state index is 9.28. The third kappa shape index (κ3) is 3.45. The molecule has 2 heterocycles. The molecule has 19 heavy (non-hydrogen) atoms. The summed E-state index contributed by atoms with van der Waals surface area (Å²) in [5, 5.41) is 9.28. The van der Waals surface area contributed by atoms with E-state index in [1.54, 1.807) is 0 Å². The van der Waals surface area contributed by atoms with Crippen LogP contribution in [-0.2, 0) is 6.61 Å². The summed E-state index contributed by atoms with van der Waals surface area (Å²) in [5.74, 6) is 1.01. The average Bonchev–Trinajstić information content (AvgIpc) is 2.46. The maximum Gasteiger partial charge on any atom is 0.129 e. The van der Waals surface area contributed by atoms with Crippen LogP contribution >= 0.6 is 0 Å². The molecule has 1 fully saturated rings. The summed E-state index contributed by atoms with van der Waals surface area (Å²) >= 11 is 0. The van der Waals surface area contributed by atoms with Gasteiger partial charge in [-0.2, -0.15) is 0 Å². The Kier molecular flexibility index (Phi) is 4.77. The molecule has 0 amide bonds. The van der Waals surface area contributed by atoms with Crippen LogP contribution in [0.1, 0.15) is 31.5 Å². The Hall–Kier alpha value is -1.13. The number of aryl methyl sites for hydroxylation is 1. The lowest BCUT2D eigenvalue weighted by Crippen LogP contribution is -2.49. The number of nitrogens with zero attached hydrogens (tertiary/aromatic N) is 3. The van der Waals surface area contributed by atoms with Crippen molar-refractivity contribution in [3.8, 4) is 0 Å². The minimum atomic E-state index is 0.0865. The molecule has 1 atom stereocenters. The third-order valence-corrected chi connectivity index (χ3v) is 4.03. The SMILES string of the molecule is CCC(C)N1CCN(c2cc(CO)cc(C)n2)CC1. The molecule has 4 nitrogen and oxygen atoms in total. The van der Waals surface area contributed by atoms with Crippen molar-refractivity contribution in [3.05, 3.63) is 23.4 Å². The summed E-state index contributed by atoms with van der Waals surface area (Å²) in [4.78, 5) is 9.46. The molecule has 106 valence electrons. The van der Waals surface area contributed by atoms with Crippen LogP contribution < -0.4 is 4.90 Å². The highest BCUT2D eigenvalue weighted by molar-refractivity contribution is 5.43. The number of hydrogen-bond acceptors (Lipinski definition) is 4. The second-order valence-electron chi connectivity index (χ2n) is 5.41. The van der Waals surface area contributed by atoms with Gasteiger partial charge in [-0.1, -0.05) is 6.92 Å². The molecule has 0 radical (unpaired) electrons. The standard InChI is InChI=1S/C15H25N3O/c1-4-13(3)17-5-7-18(8-6-17)15-10-14(11-19)9-12(2)16-15/h9-10,13,19H,4-8,11H2,1-3H3. The van der Waals surface area contributed by atoms with E-state index in [0.29, 0.717) is 6.04 Å². The molecule has 0 saturated carbocycles. The van der Waals surface area contributed by atoms with Gasteiger partial charge in [-0.15, -0.1) is 0 Å². The number of hydrogen-bond donors (Lipinski definition) is 1. The molecule has 0 bridgehead atoms. The first kappa shape index (κ1) is 14.3. The fourth-order valence-corrected chi connectivity index (χ4v) is 2.62. The average molecular weight is 263 g/mol. The zero-order chi connectivity index (χ0) is 13.8. The van der Waals surface area contributed by atoms with Gasteiger partial charge in [-0.25, -0.2) is 4.98 Å². The highest BCUT2D eigenvalue weighted by Crippen LogP contribution is 2.18. The van der Waals surface area contributed by atoms with E-state index in [-0.39, 0.29) is 6.61 Å². The lowest BCUT2D eigenvalue weighted by Gasteiger charge is -2.38. The third-order valence-electron chi connectivity index (χ3n) is 4.03. The summed E-state index contributed by atoms with van der Waals surface area (Å²) in [6.45, 7) is 10.8. The predicted molar refractivity (Wildman–Crippen MR) is 78.4 cm³/mol. The van der Waals surface area contributed by atoms with Gasteiger partial charge in [0.15, 0.2) is 0 Å². The molecule has 1 aliphatic rings. The highest BCUT2D eigenvalue weighted by Gasteiger charge is 2.21. The number of aromatic nitrogens is 1. The Labute approximate surface area is 116 Å². The Morgan fingerprint density at radius 2 is 1.95 bits per heavy atom. The van der Waals surface area contributed by atoms with Gasteiger partial charge in [0.25, 0.3) is 0 Å². The minimum absolute atomic E-state index is 0.0865. The molecular weight excluding hydrogens is 238 g/mol. The lowest BCUT2D eigenvalue weighted by molar-refractivity contribution is 0.192. The maximum atomic E-state index is 9.28. The molecule has 0 aromatic carbocycles. The first-order chi connectivity index (χ1) is 9.13. The van der Waals surface area contributed by atoms with Crippen LogP contribution in [0.3, 0.4) is 0 Å². The quantitative estimate of drug-likeness (QED) is 0.899. The van der Waals surface area contributed by atoms with Crippen molar-refractivity contribution in [1.29, 1.82) is 0 Å². The van der Waals surface area contributed by atoms with E-state index < -0.39 is 0 Å². The monoisotopic (exact) mass is 263 g/mol. The van der Waals surface area contributed by atoms with Crippen LogP contribution in [0.15, 0.2) is 12.1 Å². The van der Waals surface area contributed by atoms with Crippen molar-refractivity contribution >= 4 is 5.82 Å². The largest absolute Gasteiger partial charge is 0.392 e. The van der Waals surface area contributed by atoms with Gasteiger partial charge in [-0.3, -0.25) is 4.90 Å². The normalized spacial score (nSPS) is 18.6. The van der Waals surface area contributed by atoms with Gasteiger partial charge in [0.2, 0.25) is 0 Å². The van der Waals surface area contributed by atoms with Gasteiger partial charge in [0, 0.05) is 37.9 Å². The van der Waals surface area contributed by atoms with E-state index in [4.69, 9.17) is 0 Å². The second-order valence-corrected chi connectivity index (χ2v) is 5.41. The van der Waals surface area contributed by atoms with Crippen molar-refractivity contribution in [1.82, 2.24) is 9.88 Å². The summed E-state index contributed by atoms with van der Waals surface area (Å²) in [6, 6.07) is 4.62. The smallest absolute Gasteiger partial charge is 0.129 e. The summed E-state index contributed by atoms with van der Waals surface area (Å²) in [7, 11) is 0. The zero-order valence-electron chi connectivity index (χ0n) is 12.3. The number of aliphatic hydroxyl groups excluding tert-OH is 1. The number of pyridine rings is 1. The number of piperazine rings is 1. The van der Waals surface area contributed by atoms with Crippen LogP contribution in [-0.4, -0.2) is 47.2 Å². The first-order valence-electron chi connectivity index (χ1n) is 7.21. The second kappa shape index (κ2) is 6.35. The highest BCUT2D eigenvalue weighted by atomic mass is 16.3. The number of anilines is 1. The Morgan fingerprint density at radius 3 is 2.53 bits per heavy atom. The van der Waals surface area contributed by atoms with Gasteiger partial charge < -0.3 is 10.0 Å². The Bertz CT molecular complexity index is 414. The minimum Gasteiger partial charge on any atom is -0.392 e. The van der Waals surface area contributed by atoms with E-state index in [0.717, 1.165) is 43.3 Å². The zero-order valence-corrected chi connectivity index (χ0v) is 12.3. The first-order valence-corrected chi connectivity index (χ1v) is 7.21. The van der Waals surface area contributed by atoms with Crippen LogP contribution in [0.5, 0.6) is 0 Å². The predicted octanol–water partition coefficient (Wildman–Crippen LogP) is 1.80. The van der Waals surface area contributed by atoms with Crippen LogP contribution in [0.25, 0.3) is 0 Å². The number of rotatable bonds is 4. The molecule has 1 aromatic heterocycles. The number of aliphatic hydroxyl groups is 1. The van der Waals surface area contributed by atoms with Crippen molar-refractivity contribution in [2.75, 3.05) is 31.1 Å². The van der Waals surface area contributed by atoms with E-state index >= 15 is 0 Å². The molecule has 0 spiro atoms. The molecule has 0 aliphatic carbocycles. The molecule has 2 rings (SSSR count). The summed E-state index contributed by atoms with van der Waals surface area (Å²) in [5.41, 5.74) is 1.93. The van der Waals surface area contributed by atoms with E-state index in [2.05, 4.69) is 28.6 Å². The van der Waals surface area contributed by atoms with Crippen molar-refractivity contribution in [2.45, 2.75) is 39.8 Å². The van der Waals surface area contributed by atoms with E-state index in [1.165, 1.54) is 6.42 Å². The van der Waals surface area contributed by atoms with Gasteiger partial charge in [0.1, 0.15) is 5.82 Å². The van der Waals surface area contributed by atoms with E-state index in [9.17, 15) is 5.11 Å². The van der Waals surface area contributed by atoms with Gasteiger partial charge >= 0.3 is 0 Å². The fourth-order valence-electron chi connectivity index (χ4n) is 2.62. The fraction of sp³-hybridized carbons (Fsp3) is 0.667. The van der Waals surface area contributed by atoms with Crippen molar-refractivity contribution < 1.29 is 5.11 Å². The molecule has 1 aromatic rings. The molecule has 1 unspecified atom stereocenters. The van der Waals surface area contributed by atoms with Crippen LogP contribution in [0, 0.1) is 6.92 Å². The van der Waals surface area contributed by atoms with Crippen LogP contribution in [0.2, 0.25) is 0 Å².